The van der Waals surface area contributed by atoms with Crippen LogP contribution in [0.25, 0.3) is 0 Å². The van der Waals surface area contributed by atoms with E-state index in [1.807, 2.05) is 0 Å². The summed E-state index contributed by atoms with van der Waals surface area (Å²) in [5, 5.41) is 6.71. The molecule has 3 rings (SSSR count). The number of carbonyl (C=O) groups excluding carboxylic acids is 1. The van der Waals surface area contributed by atoms with Crippen LogP contribution in [0.2, 0.25) is 10.0 Å². The normalized spacial score (nSPS) is 15.8. The predicted octanol–water partition coefficient (Wildman–Crippen LogP) is 6.05. The Balaban J connectivity index is 1.94. The average Bonchev–Trinajstić information content (AvgIpc) is 3.31. The Hall–Kier alpha value is -1.25. The topological polar surface area (TPSA) is 46.9 Å². The van der Waals surface area contributed by atoms with E-state index in [0.29, 0.717) is 5.69 Å². The Kier molecular flexibility index (Phi) is 5.29. The summed E-state index contributed by atoms with van der Waals surface area (Å²) in [6.45, 7) is 1.48. The maximum Gasteiger partial charge on any atom is 0.436 e. The fourth-order valence-electron chi connectivity index (χ4n) is 2.58. The first-order valence-corrected chi connectivity index (χ1v) is 9.26. The molecular weight excluding hydrogens is 458 g/mol. The smallest absolute Gasteiger partial charge is 0.322 e. The van der Waals surface area contributed by atoms with Gasteiger partial charge in [-0.05, 0) is 47.8 Å². The Morgan fingerprint density at radius 2 is 1.92 bits per heavy atom. The third-order valence-electron chi connectivity index (χ3n) is 4.08. The summed E-state index contributed by atoms with van der Waals surface area (Å²) in [6.07, 6.45) is -3.10. The minimum absolute atomic E-state index is 0.0490. The second-order valence-corrected chi connectivity index (χ2v) is 7.63. The highest BCUT2D eigenvalue weighted by atomic mass is 79.9. The molecule has 0 aliphatic heterocycles. The van der Waals surface area contributed by atoms with Crippen molar-refractivity contribution in [3.05, 3.63) is 44.1 Å². The van der Waals surface area contributed by atoms with Gasteiger partial charge in [0.1, 0.15) is 6.04 Å². The van der Waals surface area contributed by atoms with Crippen LogP contribution in [0.15, 0.2) is 22.7 Å². The summed E-state index contributed by atoms with van der Waals surface area (Å²) >= 11 is 15.1. The van der Waals surface area contributed by atoms with Gasteiger partial charge in [0.25, 0.3) is 0 Å². The number of benzene rings is 1. The molecule has 0 bridgehead atoms. The van der Waals surface area contributed by atoms with Crippen molar-refractivity contribution in [1.29, 1.82) is 0 Å². The van der Waals surface area contributed by atoms with Crippen molar-refractivity contribution in [3.63, 3.8) is 0 Å². The SMILES string of the molecule is CC(C(=O)Nc1c(Cl)cccc1Cl)n1nc(C(F)(F)F)c(Br)c1C1CC1. The maximum atomic E-state index is 13.2. The van der Waals surface area contributed by atoms with Crippen molar-refractivity contribution >= 4 is 50.7 Å². The van der Waals surface area contributed by atoms with E-state index in [4.69, 9.17) is 23.2 Å². The van der Waals surface area contributed by atoms with Crippen LogP contribution in [0.1, 0.15) is 43.1 Å². The number of halogens is 6. The number of amides is 1. The lowest BCUT2D eigenvalue weighted by Gasteiger charge is -2.17. The van der Waals surface area contributed by atoms with Crippen molar-refractivity contribution in [2.24, 2.45) is 0 Å². The molecule has 1 aliphatic carbocycles. The summed E-state index contributed by atoms with van der Waals surface area (Å²) < 4.78 is 40.6. The van der Waals surface area contributed by atoms with E-state index >= 15 is 0 Å². The number of alkyl halides is 3. The largest absolute Gasteiger partial charge is 0.436 e. The number of anilines is 1. The number of hydrogen-bond acceptors (Lipinski definition) is 2. The zero-order valence-electron chi connectivity index (χ0n) is 13.4. The molecule has 1 aromatic heterocycles. The predicted molar refractivity (Wildman–Crippen MR) is 96.7 cm³/mol. The van der Waals surface area contributed by atoms with Crippen molar-refractivity contribution in [2.75, 3.05) is 5.32 Å². The molecule has 1 aliphatic rings. The van der Waals surface area contributed by atoms with Crippen molar-refractivity contribution in [2.45, 2.75) is 37.9 Å². The van der Waals surface area contributed by atoms with E-state index in [1.54, 1.807) is 18.2 Å². The Bertz CT molecular complexity index is 845. The average molecular weight is 471 g/mol. The summed E-state index contributed by atoms with van der Waals surface area (Å²) in [7, 11) is 0. The van der Waals surface area contributed by atoms with Gasteiger partial charge in [0, 0.05) is 5.92 Å². The van der Waals surface area contributed by atoms with Gasteiger partial charge in [0.2, 0.25) is 5.91 Å². The molecule has 1 atom stereocenters. The van der Waals surface area contributed by atoms with Crippen LogP contribution in [0.4, 0.5) is 18.9 Å². The minimum atomic E-state index is -4.62. The Morgan fingerprint density at radius 1 is 1.35 bits per heavy atom. The number of aromatic nitrogens is 2. The van der Waals surface area contributed by atoms with Gasteiger partial charge >= 0.3 is 6.18 Å². The molecule has 1 N–H and O–H groups in total. The molecule has 1 heterocycles. The highest BCUT2D eigenvalue weighted by Crippen LogP contribution is 2.47. The van der Waals surface area contributed by atoms with Gasteiger partial charge in [-0.2, -0.15) is 18.3 Å². The number of nitrogens with one attached hydrogen (secondary N) is 1. The standard InChI is InChI=1S/C16H13BrCl2F3N3O/c1-7(15(26)23-12-9(18)3-2-4-10(12)19)25-13(8-5-6-8)11(17)14(24-25)16(20,21)22/h2-4,7-8H,5-6H2,1H3,(H,23,26). The van der Waals surface area contributed by atoms with Crippen molar-refractivity contribution in [1.82, 2.24) is 9.78 Å². The lowest BCUT2D eigenvalue weighted by atomic mass is 10.2. The molecule has 0 spiro atoms. The Labute approximate surface area is 165 Å². The molecule has 1 aromatic carbocycles. The first kappa shape index (κ1) is 19.5. The quantitative estimate of drug-likeness (QED) is 0.591. The van der Waals surface area contributed by atoms with E-state index in [0.717, 1.165) is 17.5 Å². The number of nitrogens with zero attached hydrogens (tertiary/aromatic N) is 2. The summed E-state index contributed by atoms with van der Waals surface area (Å²) in [5.41, 5.74) is -0.442. The molecule has 10 heteroatoms. The van der Waals surface area contributed by atoms with Crippen LogP contribution in [0.3, 0.4) is 0 Å². The van der Waals surface area contributed by atoms with Crippen LogP contribution in [0.5, 0.6) is 0 Å². The van der Waals surface area contributed by atoms with Crippen LogP contribution < -0.4 is 5.32 Å². The first-order valence-electron chi connectivity index (χ1n) is 7.71. The molecule has 4 nitrogen and oxygen atoms in total. The highest BCUT2D eigenvalue weighted by molar-refractivity contribution is 9.10. The lowest BCUT2D eigenvalue weighted by Crippen LogP contribution is -2.26. The summed E-state index contributed by atoms with van der Waals surface area (Å²) in [5.74, 6) is -0.613. The van der Waals surface area contributed by atoms with Gasteiger partial charge in [-0.15, -0.1) is 0 Å². The molecule has 1 unspecified atom stereocenters. The second kappa shape index (κ2) is 7.05. The van der Waals surface area contributed by atoms with E-state index in [2.05, 4.69) is 26.3 Å². The molecule has 1 saturated carbocycles. The van der Waals surface area contributed by atoms with Crippen LogP contribution in [-0.2, 0) is 11.0 Å². The van der Waals surface area contributed by atoms with Gasteiger partial charge in [-0.25, -0.2) is 0 Å². The number of hydrogen-bond donors (Lipinski definition) is 1. The molecule has 1 amide bonds. The van der Waals surface area contributed by atoms with E-state index in [1.165, 1.54) is 6.92 Å². The van der Waals surface area contributed by atoms with Crippen molar-refractivity contribution in [3.8, 4) is 0 Å². The zero-order chi connectivity index (χ0) is 19.2. The minimum Gasteiger partial charge on any atom is -0.322 e. The van der Waals surface area contributed by atoms with E-state index in [-0.39, 0.29) is 26.1 Å². The van der Waals surface area contributed by atoms with Crippen LogP contribution in [-0.4, -0.2) is 15.7 Å². The molecule has 140 valence electrons. The van der Waals surface area contributed by atoms with Gasteiger partial charge in [0.15, 0.2) is 5.69 Å². The molecule has 2 aromatic rings. The highest BCUT2D eigenvalue weighted by Gasteiger charge is 2.43. The second-order valence-electron chi connectivity index (χ2n) is 6.03. The van der Waals surface area contributed by atoms with E-state index < -0.39 is 23.8 Å². The third-order valence-corrected chi connectivity index (χ3v) is 5.49. The van der Waals surface area contributed by atoms with Crippen LogP contribution in [0, 0.1) is 0 Å². The fourth-order valence-corrected chi connectivity index (χ4v) is 3.88. The first-order chi connectivity index (χ1) is 12.1. The monoisotopic (exact) mass is 469 g/mol. The van der Waals surface area contributed by atoms with Gasteiger partial charge in [-0.3, -0.25) is 9.48 Å². The fraction of sp³-hybridized carbons (Fsp3) is 0.375. The summed E-state index contributed by atoms with van der Waals surface area (Å²) in [6, 6.07) is 3.74. The van der Waals surface area contributed by atoms with Gasteiger partial charge in [0.05, 0.1) is 25.9 Å². The molecule has 0 saturated heterocycles. The van der Waals surface area contributed by atoms with Gasteiger partial charge < -0.3 is 5.32 Å². The van der Waals surface area contributed by atoms with Gasteiger partial charge in [-0.1, -0.05) is 29.3 Å². The number of carbonyl (C=O) groups is 1. The molecule has 1 fully saturated rings. The summed E-state index contributed by atoms with van der Waals surface area (Å²) in [4.78, 5) is 12.6. The lowest BCUT2D eigenvalue weighted by molar-refractivity contribution is -0.142. The maximum absolute atomic E-state index is 13.2. The third kappa shape index (κ3) is 3.73. The van der Waals surface area contributed by atoms with Crippen LogP contribution >= 0.6 is 39.1 Å². The molecular formula is C16H13BrCl2F3N3O. The zero-order valence-corrected chi connectivity index (χ0v) is 16.5. The Morgan fingerprint density at radius 3 is 2.42 bits per heavy atom. The number of rotatable bonds is 4. The van der Waals surface area contributed by atoms with E-state index in [9.17, 15) is 18.0 Å². The molecule has 26 heavy (non-hydrogen) atoms. The molecule has 0 radical (unpaired) electrons. The van der Waals surface area contributed by atoms with Crippen molar-refractivity contribution < 1.29 is 18.0 Å². The number of para-hydroxylation sites is 1.